The Balaban J connectivity index is 4.65. The van der Waals surface area contributed by atoms with Crippen molar-refractivity contribution in [2.24, 2.45) is 5.41 Å². The molecule has 0 amide bonds. The van der Waals surface area contributed by atoms with Crippen LogP contribution >= 0.6 is 0 Å². The standard InChI is InChI=1S/C12H22O2/c1-7-11(14-10(4)13)12(5,6)8-9(2)3/h8,11H,7H2,1-6H3. The predicted octanol–water partition coefficient (Wildman–Crippen LogP) is 3.32. The van der Waals surface area contributed by atoms with Gasteiger partial charge < -0.3 is 4.74 Å². The van der Waals surface area contributed by atoms with Crippen molar-refractivity contribution < 1.29 is 9.53 Å². The number of hydrogen-bond donors (Lipinski definition) is 0. The zero-order chi connectivity index (χ0) is 11.4. The van der Waals surface area contributed by atoms with E-state index in [1.807, 2.05) is 6.92 Å². The first-order chi connectivity index (χ1) is 6.29. The summed E-state index contributed by atoms with van der Waals surface area (Å²) in [5, 5.41) is 0. The molecule has 0 fully saturated rings. The van der Waals surface area contributed by atoms with Gasteiger partial charge in [0.15, 0.2) is 0 Å². The average molecular weight is 198 g/mol. The lowest BCUT2D eigenvalue weighted by molar-refractivity contribution is -0.151. The molecule has 0 aromatic rings. The van der Waals surface area contributed by atoms with Gasteiger partial charge in [0.25, 0.3) is 0 Å². The van der Waals surface area contributed by atoms with E-state index in [0.717, 1.165) is 6.42 Å². The second-order valence-corrected chi connectivity index (χ2v) is 4.55. The quantitative estimate of drug-likeness (QED) is 0.511. The highest BCUT2D eigenvalue weighted by Gasteiger charge is 2.28. The van der Waals surface area contributed by atoms with Crippen molar-refractivity contribution in [1.82, 2.24) is 0 Å². The van der Waals surface area contributed by atoms with Gasteiger partial charge >= 0.3 is 5.97 Å². The van der Waals surface area contributed by atoms with Gasteiger partial charge in [0.2, 0.25) is 0 Å². The zero-order valence-corrected chi connectivity index (χ0v) is 10.2. The third-order valence-corrected chi connectivity index (χ3v) is 2.17. The zero-order valence-electron chi connectivity index (χ0n) is 10.2. The van der Waals surface area contributed by atoms with Gasteiger partial charge in [0, 0.05) is 12.3 Å². The van der Waals surface area contributed by atoms with E-state index in [0.29, 0.717) is 0 Å². The van der Waals surface area contributed by atoms with Gasteiger partial charge in [-0.1, -0.05) is 32.4 Å². The number of rotatable bonds is 4. The summed E-state index contributed by atoms with van der Waals surface area (Å²) < 4.78 is 5.28. The van der Waals surface area contributed by atoms with Crippen LogP contribution in [0.1, 0.15) is 48.0 Å². The van der Waals surface area contributed by atoms with E-state index >= 15 is 0 Å². The second kappa shape index (κ2) is 5.18. The largest absolute Gasteiger partial charge is 0.462 e. The molecule has 1 atom stereocenters. The Hall–Kier alpha value is -0.790. The number of carbonyl (C=O) groups is 1. The molecule has 0 saturated heterocycles. The topological polar surface area (TPSA) is 26.3 Å². The fourth-order valence-electron chi connectivity index (χ4n) is 1.80. The molecule has 2 heteroatoms. The Bertz CT molecular complexity index is 222. The molecule has 0 rings (SSSR count). The molecule has 14 heavy (non-hydrogen) atoms. The Morgan fingerprint density at radius 2 is 1.86 bits per heavy atom. The van der Waals surface area contributed by atoms with Gasteiger partial charge in [-0.3, -0.25) is 4.79 Å². The van der Waals surface area contributed by atoms with E-state index in [1.165, 1.54) is 12.5 Å². The molecular formula is C12H22O2. The minimum Gasteiger partial charge on any atom is -0.462 e. The molecule has 0 aromatic carbocycles. The van der Waals surface area contributed by atoms with Gasteiger partial charge in [-0.15, -0.1) is 0 Å². The summed E-state index contributed by atoms with van der Waals surface area (Å²) >= 11 is 0. The van der Waals surface area contributed by atoms with Crippen LogP contribution in [0.2, 0.25) is 0 Å². The van der Waals surface area contributed by atoms with Crippen molar-refractivity contribution >= 4 is 5.97 Å². The molecule has 0 aliphatic heterocycles. The van der Waals surface area contributed by atoms with Crippen molar-refractivity contribution in [3.8, 4) is 0 Å². The average Bonchev–Trinajstić information content (AvgIpc) is 1.96. The predicted molar refractivity (Wildman–Crippen MR) is 59.1 cm³/mol. The fraction of sp³-hybridized carbons (Fsp3) is 0.750. The molecule has 0 aliphatic rings. The highest BCUT2D eigenvalue weighted by molar-refractivity contribution is 5.66. The molecule has 0 aliphatic carbocycles. The van der Waals surface area contributed by atoms with Crippen LogP contribution in [0.3, 0.4) is 0 Å². The van der Waals surface area contributed by atoms with Crippen molar-refractivity contribution in [3.63, 3.8) is 0 Å². The molecule has 0 N–H and O–H groups in total. The lowest BCUT2D eigenvalue weighted by atomic mass is 9.83. The van der Waals surface area contributed by atoms with Gasteiger partial charge in [-0.05, 0) is 20.3 Å². The normalized spacial score (nSPS) is 13.3. The van der Waals surface area contributed by atoms with E-state index in [4.69, 9.17) is 4.74 Å². The van der Waals surface area contributed by atoms with Crippen molar-refractivity contribution in [2.75, 3.05) is 0 Å². The maximum absolute atomic E-state index is 10.9. The van der Waals surface area contributed by atoms with Gasteiger partial charge in [0.05, 0.1) is 0 Å². The Labute approximate surface area is 87.3 Å². The number of ether oxygens (including phenoxy) is 1. The smallest absolute Gasteiger partial charge is 0.302 e. The molecule has 0 spiro atoms. The first-order valence-electron chi connectivity index (χ1n) is 5.13. The van der Waals surface area contributed by atoms with Crippen LogP contribution in [0.15, 0.2) is 11.6 Å². The molecule has 0 bridgehead atoms. The number of hydrogen-bond acceptors (Lipinski definition) is 2. The highest BCUT2D eigenvalue weighted by Crippen LogP contribution is 2.28. The molecule has 82 valence electrons. The van der Waals surface area contributed by atoms with E-state index in [9.17, 15) is 4.79 Å². The first-order valence-corrected chi connectivity index (χ1v) is 5.13. The minimum absolute atomic E-state index is 0.0325. The van der Waals surface area contributed by atoms with Crippen LogP contribution in [-0.4, -0.2) is 12.1 Å². The number of allylic oxidation sites excluding steroid dienone is 1. The fourth-order valence-corrected chi connectivity index (χ4v) is 1.80. The van der Waals surface area contributed by atoms with E-state index in [-0.39, 0.29) is 17.5 Å². The lowest BCUT2D eigenvalue weighted by Gasteiger charge is -2.30. The molecule has 0 saturated carbocycles. The molecule has 1 unspecified atom stereocenters. The monoisotopic (exact) mass is 198 g/mol. The molecule has 0 heterocycles. The third-order valence-electron chi connectivity index (χ3n) is 2.17. The maximum atomic E-state index is 10.9. The van der Waals surface area contributed by atoms with Crippen LogP contribution in [0.5, 0.6) is 0 Å². The van der Waals surface area contributed by atoms with E-state index in [1.54, 1.807) is 0 Å². The van der Waals surface area contributed by atoms with Crippen molar-refractivity contribution in [3.05, 3.63) is 11.6 Å². The summed E-state index contributed by atoms with van der Waals surface area (Å²) in [5.41, 5.74) is 1.17. The summed E-state index contributed by atoms with van der Waals surface area (Å²) in [6.07, 6.45) is 2.97. The van der Waals surface area contributed by atoms with Crippen molar-refractivity contribution in [2.45, 2.75) is 54.1 Å². The lowest BCUT2D eigenvalue weighted by Crippen LogP contribution is -2.31. The van der Waals surface area contributed by atoms with Crippen LogP contribution in [-0.2, 0) is 9.53 Å². The molecule has 2 nitrogen and oxygen atoms in total. The Kier molecular flexibility index (Phi) is 4.89. The van der Waals surface area contributed by atoms with E-state index < -0.39 is 0 Å². The second-order valence-electron chi connectivity index (χ2n) is 4.55. The Morgan fingerprint density at radius 3 is 2.14 bits per heavy atom. The summed E-state index contributed by atoms with van der Waals surface area (Å²) in [6, 6.07) is 0. The summed E-state index contributed by atoms with van der Waals surface area (Å²) in [5.74, 6) is -0.202. The van der Waals surface area contributed by atoms with Crippen LogP contribution < -0.4 is 0 Å². The van der Waals surface area contributed by atoms with Gasteiger partial charge in [0.1, 0.15) is 6.10 Å². The summed E-state index contributed by atoms with van der Waals surface area (Å²) in [6.45, 7) is 11.8. The Morgan fingerprint density at radius 1 is 1.36 bits per heavy atom. The summed E-state index contributed by atoms with van der Waals surface area (Å²) in [7, 11) is 0. The minimum atomic E-state index is -0.202. The van der Waals surface area contributed by atoms with Gasteiger partial charge in [-0.25, -0.2) is 0 Å². The van der Waals surface area contributed by atoms with E-state index in [2.05, 4.69) is 33.8 Å². The number of esters is 1. The third kappa shape index (κ3) is 4.45. The molecular weight excluding hydrogens is 176 g/mol. The SMILES string of the molecule is CCC(OC(C)=O)C(C)(C)C=C(C)C. The maximum Gasteiger partial charge on any atom is 0.302 e. The van der Waals surface area contributed by atoms with Crippen LogP contribution in [0.25, 0.3) is 0 Å². The highest BCUT2D eigenvalue weighted by atomic mass is 16.5. The molecule has 0 radical (unpaired) electrons. The van der Waals surface area contributed by atoms with Crippen molar-refractivity contribution in [1.29, 1.82) is 0 Å². The van der Waals surface area contributed by atoms with Crippen LogP contribution in [0.4, 0.5) is 0 Å². The van der Waals surface area contributed by atoms with Gasteiger partial charge in [-0.2, -0.15) is 0 Å². The first kappa shape index (κ1) is 13.2. The summed E-state index contributed by atoms with van der Waals surface area (Å²) in [4.78, 5) is 10.9. The number of carbonyl (C=O) groups excluding carboxylic acids is 1. The molecule has 0 aromatic heterocycles. The van der Waals surface area contributed by atoms with Crippen LogP contribution in [0, 0.1) is 5.41 Å².